The highest BCUT2D eigenvalue weighted by Crippen LogP contribution is 2.32. The van der Waals surface area contributed by atoms with E-state index in [1.807, 2.05) is 0 Å². The molecule has 1 saturated heterocycles. The van der Waals surface area contributed by atoms with Crippen molar-refractivity contribution in [1.29, 1.82) is 0 Å². The molecule has 0 bridgehead atoms. The fourth-order valence-corrected chi connectivity index (χ4v) is 3.44. The summed E-state index contributed by atoms with van der Waals surface area (Å²) in [6.07, 6.45) is 1.09. The van der Waals surface area contributed by atoms with E-state index in [-0.39, 0.29) is 25.9 Å². The molecule has 0 spiro atoms. The van der Waals surface area contributed by atoms with Gasteiger partial charge in [-0.1, -0.05) is 13.8 Å². The normalized spacial score (nSPS) is 20.9. The maximum atomic E-state index is 12.2. The lowest BCUT2D eigenvalue weighted by molar-refractivity contribution is -0.152. The Hall–Kier alpha value is -2.77. The van der Waals surface area contributed by atoms with E-state index in [4.69, 9.17) is 14.2 Å². The highest BCUT2D eigenvalue weighted by molar-refractivity contribution is 5.96. The van der Waals surface area contributed by atoms with Crippen LogP contribution in [0.25, 0.3) is 0 Å². The van der Waals surface area contributed by atoms with Crippen LogP contribution in [0.5, 0.6) is 11.5 Å². The van der Waals surface area contributed by atoms with Crippen molar-refractivity contribution in [2.24, 2.45) is 11.8 Å². The fourth-order valence-electron chi connectivity index (χ4n) is 3.44. The number of esters is 1. The third-order valence-electron chi connectivity index (χ3n) is 4.61. The number of piperidine rings is 1. The van der Waals surface area contributed by atoms with E-state index >= 15 is 0 Å². The average molecular weight is 376 g/mol. The summed E-state index contributed by atoms with van der Waals surface area (Å²) >= 11 is 0. The summed E-state index contributed by atoms with van der Waals surface area (Å²) in [6, 6.07) is 4.76. The van der Waals surface area contributed by atoms with Gasteiger partial charge in [-0.05, 0) is 36.5 Å². The standard InChI is InChI=1S/C19H24N2O6/c1-12-5-13(2)9-21(8-12)17(22)10-25-18(23)7-20-19(24)14-3-4-15-16(6-14)27-11-26-15/h3-4,6,12-13H,5,7-11H2,1-2H3,(H,20,24)/t12-,13-/m0/s1. The summed E-state index contributed by atoms with van der Waals surface area (Å²) < 4.78 is 15.4. The van der Waals surface area contributed by atoms with Gasteiger partial charge in [0.15, 0.2) is 18.1 Å². The number of nitrogens with one attached hydrogen (secondary N) is 1. The van der Waals surface area contributed by atoms with Gasteiger partial charge in [0.1, 0.15) is 6.54 Å². The summed E-state index contributed by atoms with van der Waals surface area (Å²) in [4.78, 5) is 37.9. The van der Waals surface area contributed by atoms with Crippen LogP contribution >= 0.6 is 0 Å². The van der Waals surface area contributed by atoms with Crippen LogP contribution in [0.3, 0.4) is 0 Å². The minimum atomic E-state index is -0.657. The lowest BCUT2D eigenvalue weighted by atomic mass is 9.92. The van der Waals surface area contributed by atoms with Gasteiger partial charge < -0.3 is 24.4 Å². The molecule has 27 heavy (non-hydrogen) atoms. The third kappa shape index (κ3) is 4.90. The van der Waals surface area contributed by atoms with Crippen LogP contribution < -0.4 is 14.8 Å². The maximum Gasteiger partial charge on any atom is 0.325 e. The topological polar surface area (TPSA) is 94.2 Å². The van der Waals surface area contributed by atoms with Crippen LogP contribution in [0, 0.1) is 11.8 Å². The molecule has 1 aromatic rings. The molecule has 8 heteroatoms. The van der Waals surface area contributed by atoms with Crippen LogP contribution in [0.15, 0.2) is 18.2 Å². The van der Waals surface area contributed by atoms with Crippen molar-refractivity contribution in [1.82, 2.24) is 10.2 Å². The molecule has 2 heterocycles. The largest absolute Gasteiger partial charge is 0.454 e. The maximum absolute atomic E-state index is 12.2. The molecular weight excluding hydrogens is 352 g/mol. The molecule has 3 rings (SSSR count). The smallest absolute Gasteiger partial charge is 0.325 e. The molecular formula is C19H24N2O6. The first-order valence-corrected chi connectivity index (χ1v) is 9.03. The van der Waals surface area contributed by atoms with Crippen molar-refractivity contribution >= 4 is 17.8 Å². The summed E-state index contributed by atoms with van der Waals surface area (Å²) in [7, 11) is 0. The van der Waals surface area contributed by atoms with Crippen molar-refractivity contribution in [2.75, 3.05) is 33.0 Å². The summed E-state index contributed by atoms with van der Waals surface area (Å²) in [6.45, 7) is 5.07. The third-order valence-corrected chi connectivity index (χ3v) is 4.61. The van der Waals surface area contributed by atoms with Crippen molar-refractivity contribution < 1.29 is 28.6 Å². The number of benzene rings is 1. The van der Waals surface area contributed by atoms with Crippen LogP contribution in [0.1, 0.15) is 30.6 Å². The Balaban J connectivity index is 1.41. The monoisotopic (exact) mass is 376 g/mol. The van der Waals surface area contributed by atoms with Gasteiger partial charge >= 0.3 is 5.97 Å². The molecule has 0 saturated carbocycles. The predicted molar refractivity (Wildman–Crippen MR) is 95.4 cm³/mol. The SMILES string of the molecule is C[C@H]1C[C@H](C)CN(C(=O)COC(=O)CNC(=O)c2ccc3c(c2)OCO3)C1. The van der Waals surface area contributed by atoms with E-state index in [2.05, 4.69) is 19.2 Å². The van der Waals surface area contributed by atoms with E-state index in [0.29, 0.717) is 42.0 Å². The summed E-state index contributed by atoms with van der Waals surface area (Å²) in [5, 5.41) is 2.47. The molecule has 8 nitrogen and oxygen atoms in total. The van der Waals surface area contributed by atoms with Gasteiger partial charge in [0.05, 0.1) is 0 Å². The Morgan fingerprint density at radius 3 is 2.59 bits per heavy atom. The second kappa shape index (κ2) is 8.28. The molecule has 2 amide bonds. The predicted octanol–water partition coefficient (Wildman–Crippen LogP) is 1.19. The first-order valence-electron chi connectivity index (χ1n) is 9.03. The van der Waals surface area contributed by atoms with Gasteiger partial charge in [-0.3, -0.25) is 14.4 Å². The number of rotatable bonds is 5. The zero-order valence-corrected chi connectivity index (χ0v) is 15.5. The first kappa shape index (κ1) is 19.0. The van der Waals surface area contributed by atoms with Gasteiger partial charge in [0, 0.05) is 18.7 Å². The number of amides is 2. The number of hydrogen-bond donors (Lipinski definition) is 1. The number of carbonyl (C=O) groups is 3. The van der Waals surface area contributed by atoms with Crippen LogP contribution in [-0.4, -0.2) is 55.7 Å². The van der Waals surface area contributed by atoms with Crippen LogP contribution in [0.2, 0.25) is 0 Å². The van der Waals surface area contributed by atoms with Crippen molar-refractivity contribution in [3.8, 4) is 11.5 Å². The molecule has 0 radical (unpaired) electrons. The minimum Gasteiger partial charge on any atom is -0.454 e. The Labute approximate surface area is 157 Å². The molecule has 2 aliphatic rings. The Bertz CT molecular complexity index is 725. The highest BCUT2D eigenvalue weighted by atomic mass is 16.7. The molecule has 0 unspecified atom stereocenters. The van der Waals surface area contributed by atoms with Crippen molar-refractivity contribution in [3.63, 3.8) is 0 Å². The first-order chi connectivity index (χ1) is 12.9. The second-order valence-corrected chi connectivity index (χ2v) is 7.16. The quantitative estimate of drug-likeness (QED) is 0.776. The van der Waals surface area contributed by atoms with Crippen LogP contribution in [-0.2, 0) is 14.3 Å². The fraction of sp³-hybridized carbons (Fsp3) is 0.526. The zero-order valence-electron chi connectivity index (χ0n) is 15.5. The van der Waals surface area contributed by atoms with Gasteiger partial charge in [-0.15, -0.1) is 0 Å². The van der Waals surface area contributed by atoms with E-state index in [0.717, 1.165) is 6.42 Å². The Morgan fingerprint density at radius 1 is 1.15 bits per heavy atom. The summed E-state index contributed by atoms with van der Waals surface area (Å²) in [5.74, 6) is 0.644. The minimum absolute atomic E-state index is 0.120. The lowest BCUT2D eigenvalue weighted by Crippen LogP contribution is -2.44. The molecule has 2 atom stereocenters. The number of hydrogen-bond acceptors (Lipinski definition) is 6. The average Bonchev–Trinajstić information content (AvgIpc) is 3.11. The molecule has 2 aliphatic heterocycles. The van der Waals surface area contributed by atoms with E-state index < -0.39 is 11.9 Å². The van der Waals surface area contributed by atoms with Gasteiger partial charge in [-0.25, -0.2) is 0 Å². The number of likely N-dealkylation sites (tertiary alicyclic amines) is 1. The van der Waals surface area contributed by atoms with E-state index in [9.17, 15) is 14.4 Å². The molecule has 0 aliphatic carbocycles. The Kier molecular flexibility index (Phi) is 5.83. The summed E-state index contributed by atoms with van der Waals surface area (Å²) in [5.41, 5.74) is 0.347. The van der Waals surface area contributed by atoms with E-state index in [1.54, 1.807) is 23.1 Å². The number of ether oxygens (including phenoxy) is 3. The number of carbonyl (C=O) groups excluding carboxylic acids is 3. The van der Waals surface area contributed by atoms with Crippen molar-refractivity contribution in [3.05, 3.63) is 23.8 Å². The van der Waals surface area contributed by atoms with Crippen molar-refractivity contribution in [2.45, 2.75) is 20.3 Å². The number of nitrogens with zero attached hydrogens (tertiary/aromatic N) is 1. The second-order valence-electron chi connectivity index (χ2n) is 7.16. The molecule has 1 aromatic carbocycles. The number of fused-ring (bicyclic) bond motifs is 1. The molecule has 146 valence electrons. The molecule has 0 aromatic heterocycles. The van der Waals surface area contributed by atoms with Gasteiger partial charge in [0.25, 0.3) is 11.8 Å². The molecule has 1 fully saturated rings. The van der Waals surface area contributed by atoms with Gasteiger partial charge in [-0.2, -0.15) is 0 Å². The molecule has 1 N–H and O–H groups in total. The zero-order chi connectivity index (χ0) is 19.4. The highest BCUT2D eigenvalue weighted by Gasteiger charge is 2.26. The van der Waals surface area contributed by atoms with E-state index in [1.165, 1.54) is 0 Å². The van der Waals surface area contributed by atoms with Gasteiger partial charge in [0.2, 0.25) is 6.79 Å². The Morgan fingerprint density at radius 2 is 1.85 bits per heavy atom. The lowest BCUT2D eigenvalue weighted by Gasteiger charge is -2.34. The van der Waals surface area contributed by atoms with Crippen LogP contribution in [0.4, 0.5) is 0 Å².